The van der Waals surface area contributed by atoms with Crippen molar-refractivity contribution in [3.8, 4) is 0 Å². The molecule has 29 heavy (non-hydrogen) atoms. The SMILES string of the molecule is O=C(NNS(=O)(=O)c1ccccc1)c1ccc(CCC(O)C2CCCCC2)cc1. The molecule has 0 heterocycles. The molecule has 1 fully saturated rings. The van der Waals surface area contributed by atoms with E-state index in [2.05, 4.69) is 10.3 Å². The van der Waals surface area contributed by atoms with E-state index in [1.165, 1.54) is 31.4 Å². The highest BCUT2D eigenvalue weighted by Gasteiger charge is 2.21. The molecule has 3 N–H and O–H groups in total. The second kappa shape index (κ2) is 10.0. The van der Waals surface area contributed by atoms with Gasteiger partial charge in [-0.15, -0.1) is 4.83 Å². The van der Waals surface area contributed by atoms with Crippen molar-refractivity contribution >= 4 is 15.9 Å². The fraction of sp³-hybridized carbons (Fsp3) is 0.409. The Morgan fingerprint density at radius 1 is 1.00 bits per heavy atom. The lowest BCUT2D eigenvalue weighted by Crippen LogP contribution is -2.41. The van der Waals surface area contributed by atoms with Crippen molar-refractivity contribution in [1.82, 2.24) is 10.3 Å². The topological polar surface area (TPSA) is 95.5 Å². The minimum atomic E-state index is -3.81. The number of aliphatic hydroxyl groups is 1. The molecule has 7 heteroatoms. The number of carbonyl (C=O) groups excluding carboxylic acids is 1. The molecule has 2 aromatic carbocycles. The average molecular weight is 417 g/mol. The second-order valence-corrected chi connectivity index (χ2v) is 9.26. The number of carbonyl (C=O) groups is 1. The van der Waals surface area contributed by atoms with Crippen molar-refractivity contribution in [3.05, 3.63) is 65.7 Å². The van der Waals surface area contributed by atoms with Crippen LogP contribution in [0.2, 0.25) is 0 Å². The van der Waals surface area contributed by atoms with Crippen LogP contribution in [0.5, 0.6) is 0 Å². The molecule has 6 nitrogen and oxygen atoms in total. The maximum absolute atomic E-state index is 12.2. The van der Waals surface area contributed by atoms with Crippen LogP contribution in [0, 0.1) is 5.92 Å². The van der Waals surface area contributed by atoms with Crippen LogP contribution < -0.4 is 10.3 Å². The van der Waals surface area contributed by atoms with Crippen LogP contribution >= 0.6 is 0 Å². The lowest BCUT2D eigenvalue weighted by Gasteiger charge is -2.26. The molecule has 0 bridgehead atoms. The van der Waals surface area contributed by atoms with Crippen molar-refractivity contribution in [2.24, 2.45) is 5.92 Å². The van der Waals surface area contributed by atoms with Gasteiger partial charge < -0.3 is 5.11 Å². The van der Waals surface area contributed by atoms with E-state index in [4.69, 9.17) is 0 Å². The van der Waals surface area contributed by atoms with E-state index >= 15 is 0 Å². The largest absolute Gasteiger partial charge is 0.393 e. The normalized spacial score (nSPS) is 16.3. The monoisotopic (exact) mass is 416 g/mol. The smallest absolute Gasteiger partial charge is 0.266 e. The molecule has 0 radical (unpaired) electrons. The summed E-state index contributed by atoms with van der Waals surface area (Å²) in [7, 11) is -3.81. The number of hydrogen-bond donors (Lipinski definition) is 3. The molecular formula is C22H28N2O4S. The van der Waals surface area contributed by atoms with E-state index in [0.29, 0.717) is 17.9 Å². The van der Waals surface area contributed by atoms with E-state index in [1.54, 1.807) is 30.3 Å². The molecule has 1 atom stereocenters. The average Bonchev–Trinajstić information content (AvgIpc) is 2.77. The number of aliphatic hydroxyl groups excluding tert-OH is 1. The maximum atomic E-state index is 12.2. The Morgan fingerprint density at radius 3 is 2.31 bits per heavy atom. The molecule has 0 saturated heterocycles. The summed E-state index contributed by atoms with van der Waals surface area (Å²) in [6.45, 7) is 0. The third kappa shape index (κ3) is 6.13. The van der Waals surface area contributed by atoms with Gasteiger partial charge >= 0.3 is 0 Å². The lowest BCUT2D eigenvalue weighted by atomic mass is 9.83. The highest BCUT2D eigenvalue weighted by Crippen LogP contribution is 2.28. The highest BCUT2D eigenvalue weighted by atomic mass is 32.2. The number of hydrogen-bond acceptors (Lipinski definition) is 4. The molecule has 3 rings (SSSR count). The third-order valence-corrected chi connectivity index (χ3v) is 6.75. The molecule has 1 aliphatic carbocycles. The first-order chi connectivity index (χ1) is 14.0. The molecule has 0 aromatic heterocycles. The number of nitrogens with one attached hydrogen (secondary N) is 2. The molecule has 2 aromatic rings. The standard InChI is InChI=1S/C22H28N2O4S/c25-21(18-7-3-1-4-8-18)16-13-17-11-14-19(15-12-17)22(26)23-24-29(27,28)20-9-5-2-6-10-20/h2,5-6,9-12,14-15,18,21,24-25H,1,3-4,7-8,13,16H2,(H,23,26). The van der Waals surface area contributed by atoms with Crippen molar-refractivity contribution in [2.45, 2.75) is 55.9 Å². The van der Waals surface area contributed by atoms with Crippen LogP contribution in [0.1, 0.15) is 54.4 Å². The number of benzene rings is 2. The van der Waals surface area contributed by atoms with Gasteiger partial charge in [-0.1, -0.05) is 49.6 Å². The zero-order chi connectivity index (χ0) is 20.7. The summed E-state index contributed by atoms with van der Waals surface area (Å²) in [5, 5.41) is 10.4. The molecule has 0 aliphatic heterocycles. The van der Waals surface area contributed by atoms with E-state index in [-0.39, 0.29) is 11.0 Å². The zero-order valence-corrected chi connectivity index (χ0v) is 17.2. The van der Waals surface area contributed by atoms with Gasteiger partial charge in [0.05, 0.1) is 11.0 Å². The van der Waals surface area contributed by atoms with Gasteiger partial charge in [0.1, 0.15) is 0 Å². The van der Waals surface area contributed by atoms with Crippen LogP contribution in [0.3, 0.4) is 0 Å². The summed E-state index contributed by atoms with van der Waals surface area (Å²) in [6.07, 6.45) is 7.10. The van der Waals surface area contributed by atoms with Gasteiger partial charge in [-0.25, -0.2) is 8.42 Å². The maximum Gasteiger partial charge on any atom is 0.266 e. The Bertz CT molecular complexity index is 892. The predicted octanol–water partition coefficient (Wildman–Crippen LogP) is 3.18. The Morgan fingerprint density at radius 2 is 1.66 bits per heavy atom. The molecule has 156 valence electrons. The number of amides is 1. The Hall–Kier alpha value is -2.22. The molecule has 0 spiro atoms. The Kier molecular flexibility index (Phi) is 7.41. The van der Waals surface area contributed by atoms with Crippen LogP contribution in [-0.2, 0) is 16.4 Å². The van der Waals surface area contributed by atoms with Gasteiger partial charge in [-0.05, 0) is 61.4 Å². The first-order valence-corrected chi connectivity index (χ1v) is 11.6. The van der Waals surface area contributed by atoms with Crippen LogP contribution in [0.4, 0.5) is 0 Å². The van der Waals surface area contributed by atoms with E-state index in [9.17, 15) is 18.3 Å². The Balaban J connectivity index is 1.49. The predicted molar refractivity (Wildman–Crippen MR) is 112 cm³/mol. The first-order valence-electron chi connectivity index (χ1n) is 10.1. The van der Waals surface area contributed by atoms with Crippen LogP contribution in [0.15, 0.2) is 59.5 Å². The molecular weight excluding hydrogens is 388 g/mol. The van der Waals surface area contributed by atoms with Gasteiger partial charge in [0.25, 0.3) is 15.9 Å². The number of aryl methyl sites for hydroxylation is 1. The molecule has 1 aliphatic rings. The van der Waals surface area contributed by atoms with Gasteiger partial charge in [0.15, 0.2) is 0 Å². The summed E-state index contributed by atoms with van der Waals surface area (Å²) < 4.78 is 24.3. The van der Waals surface area contributed by atoms with Crippen molar-refractivity contribution in [2.75, 3.05) is 0 Å². The third-order valence-electron chi connectivity index (χ3n) is 5.49. The zero-order valence-electron chi connectivity index (χ0n) is 16.4. The minimum Gasteiger partial charge on any atom is -0.393 e. The van der Waals surface area contributed by atoms with E-state index in [0.717, 1.165) is 24.8 Å². The fourth-order valence-electron chi connectivity index (χ4n) is 3.74. The first kappa shape index (κ1) is 21.5. The molecule has 1 unspecified atom stereocenters. The van der Waals surface area contributed by atoms with Crippen LogP contribution in [-0.4, -0.2) is 25.5 Å². The van der Waals surface area contributed by atoms with Gasteiger partial charge in [-0.2, -0.15) is 0 Å². The second-order valence-electron chi connectivity index (χ2n) is 7.57. The minimum absolute atomic E-state index is 0.0761. The van der Waals surface area contributed by atoms with Gasteiger partial charge in [-0.3, -0.25) is 10.2 Å². The quantitative estimate of drug-likeness (QED) is 0.576. The Labute approximate surface area is 172 Å². The van der Waals surface area contributed by atoms with Crippen LogP contribution in [0.25, 0.3) is 0 Å². The number of rotatable bonds is 8. The van der Waals surface area contributed by atoms with E-state index < -0.39 is 15.9 Å². The van der Waals surface area contributed by atoms with Gasteiger partial charge in [0, 0.05) is 5.56 Å². The fourth-order valence-corrected chi connectivity index (χ4v) is 4.60. The van der Waals surface area contributed by atoms with Crippen molar-refractivity contribution in [3.63, 3.8) is 0 Å². The summed E-state index contributed by atoms with van der Waals surface area (Å²) in [6, 6.07) is 14.8. The van der Waals surface area contributed by atoms with Crippen molar-refractivity contribution < 1.29 is 18.3 Å². The number of sulfonamides is 1. The molecule has 1 saturated carbocycles. The molecule has 1 amide bonds. The summed E-state index contributed by atoms with van der Waals surface area (Å²) in [5.41, 5.74) is 3.63. The summed E-state index contributed by atoms with van der Waals surface area (Å²) >= 11 is 0. The number of hydrazine groups is 1. The summed E-state index contributed by atoms with van der Waals surface area (Å²) in [4.78, 5) is 14.4. The van der Waals surface area contributed by atoms with Crippen molar-refractivity contribution in [1.29, 1.82) is 0 Å². The summed E-state index contributed by atoms with van der Waals surface area (Å²) in [5.74, 6) is -0.121. The highest BCUT2D eigenvalue weighted by molar-refractivity contribution is 7.89. The van der Waals surface area contributed by atoms with Gasteiger partial charge in [0.2, 0.25) is 0 Å². The van der Waals surface area contributed by atoms with E-state index in [1.807, 2.05) is 12.1 Å². The lowest BCUT2D eigenvalue weighted by molar-refractivity contribution is 0.0775.